The first kappa shape index (κ1) is 9.52. The number of amides is 1. The third-order valence-corrected chi connectivity index (χ3v) is 2.55. The van der Waals surface area contributed by atoms with E-state index in [0.717, 1.165) is 21.5 Å². The number of carbonyl (C=O) groups is 1. The fraction of sp³-hybridized carbons (Fsp3) is 0.300. The van der Waals surface area contributed by atoms with Crippen molar-refractivity contribution in [2.24, 2.45) is 0 Å². The normalized spacial score (nSPS) is 15.1. The van der Waals surface area contributed by atoms with Crippen molar-refractivity contribution < 1.29 is 9.53 Å². The first-order valence-electron chi connectivity index (χ1n) is 4.39. The predicted molar refractivity (Wildman–Crippen MR) is 57.6 cm³/mol. The summed E-state index contributed by atoms with van der Waals surface area (Å²) in [6, 6.07) is 3.82. The molecule has 1 aromatic carbocycles. The second-order valence-corrected chi connectivity index (χ2v) is 4.16. The van der Waals surface area contributed by atoms with Gasteiger partial charge in [-0.25, -0.2) is 0 Å². The van der Waals surface area contributed by atoms with Gasteiger partial charge in [0.1, 0.15) is 5.75 Å². The van der Waals surface area contributed by atoms with E-state index in [1.165, 1.54) is 0 Å². The number of rotatable bonds is 0. The Morgan fingerprint density at radius 2 is 2.29 bits per heavy atom. The van der Waals surface area contributed by atoms with Crippen molar-refractivity contribution in [1.29, 1.82) is 0 Å². The summed E-state index contributed by atoms with van der Waals surface area (Å²) in [6.07, 6.45) is 0.408. The summed E-state index contributed by atoms with van der Waals surface area (Å²) < 4.78 is 6.44. The van der Waals surface area contributed by atoms with E-state index in [-0.39, 0.29) is 5.91 Å². The van der Waals surface area contributed by atoms with Gasteiger partial charge >= 0.3 is 0 Å². The Balaban J connectivity index is 2.50. The number of hydrogen-bond acceptors (Lipinski definition) is 2. The zero-order chi connectivity index (χ0) is 10.1. The summed E-state index contributed by atoms with van der Waals surface area (Å²) in [5.41, 5.74) is 1.77. The molecule has 0 saturated heterocycles. The standard InChI is InChI=1S/C10H10BrNO2/c1-6-4-7(11)5-8-10(6)14-3-2-9(13)12-8/h4-5H,2-3H2,1H3,(H,12,13). The SMILES string of the molecule is Cc1cc(Br)cc2c1OCCC(=O)N2. The summed E-state index contributed by atoms with van der Waals surface area (Å²) in [7, 11) is 0. The molecule has 1 aromatic rings. The van der Waals surface area contributed by atoms with Crippen LogP contribution in [0.25, 0.3) is 0 Å². The van der Waals surface area contributed by atoms with Crippen LogP contribution in [0.2, 0.25) is 0 Å². The maximum Gasteiger partial charge on any atom is 0.227 e. The predicted octanol–water partition coefficient (Wildman–Crippen LogP) is 2.48. The van der Waals surface area contributed by atoms with Gasteiger partial charge in [0, 0.05) is 4.47 Å². The zero-order valence-corrected chi connectivity index (χ0v) is 9.35. The molecule has 14 heavy (non-hydrogen) atoms. The first-order valence-corrected chi connectivity index (χ1v) is 5.19. The first-order chi connectivity index (χ1) is 6.66. The van der Waals surface area contributed by atoms with E-state index in [4.69, 9.17) is 4.74 Å². The third-order valence-electron chi connectivity index (χ3n) is 2.09. The molecule has 0 unspecified atom stereocenters. The Kier molecular flexibility index (Phi) is 2.46. The van der Waals surface area contributed by atoms with Gasteiger partial charge in [0.2, 0.25) is 5.91 Å². The highest BCUT2D eigenvalue weighted by Crippen LogP contribution is 2.33. The lowest BCUT2D eigenvalue weighted by Crippen LogP contribution is -2.10. The minimum Gasteiger partial charge on any atom is -0.491 e. The number of nitrogens with one attached hydrogen (secondary N) is 1. The molecule has 3 nitrogen and oxygen atoms in total. The molecule has 0 fully saturated rings. The number of ether oxygens (including phenoxy) is 1. The van der Waals surface area contributed by atoms with Crippen LogP contribution in [0.15, 0.2) is 16.6 Å². The van der Waals surface area contributed by atoms with Gasteiger partial charge < -0.3 is 10.1 Å². The second kappa shape index (κ2) is 3.61. The highest BCUT2D eigenvalue weighted by Gasteiger charge is 2.15. The fourth-order valence-electron chi connectivity index (χ4n) is 1.47. The molecule has 1 aliphatic heterocycles. The molecule has 0 saturated carbocycles. The van der Waals surface area contributed by atoms with Crippen LogP contribution in [0.4, 0.5) is 5.69 Å². The van der Waals surface area contributed by atoms with Crippen LogP contribution in [0.5, 0.6) is 5.75 Å². The van der Waals surface area contributed by atoms with Crippen LogP contribution >= 0.6 is 15.9 Å². The van der Waals surface area contributed by atoms with Crippen LogP contribution in [0.1, 0.15) is 12.0 Å². The van der Waals surface area contributed by atoms with Crippen molar-refractivity contribution in [3.63, 3.8) is 0 Å². The molecule has 4 heteroatoms. The molecule has 1 N–H and O–H groups in total. The van der Waals surface area contributed by atoms with Crippen molar-refractivity contribution in [2.45, 2.75) is 13.3 Å². The molecule has 0 atom stereocenters. The van der Waals surface area contributed by atoms with Crippen molar-refractivity contribution >= 4 is 27.5 Å². The van der Waals surface area contributed by atoms with Crippen LogP contribution in [0, 0.1) is 6.92 Å². The molecule has 1 amide bonds. The Bertz CT molecular complexity index is 390. The summed E-state index contributed by atoms with van der Waals surface area (Å²) in [5.74, 6) is 0.778. The Morgan fingerprint density at radius 1 is 1.50 bits per heavy atom. The van der Waals surface area contributed by atoms with Gasteiger partial charge in [-0.05, 0) is 24.6 Å². The number of aryl methyl sites for hydroxylation is 1. The monoisotopic (exact) mass is 255 g/mol. The number of carbonyl (C=O) groups excluding carboxylic acids is 1. The van der Waals surface area contributed by atoms with Crippen LogP contribution in [-0.2, 0) is 4.79 Å². The summed E-state index contributed by atoms with van der Waals surface area (Å²) in [5, 5.41) is 2.81. The Hall–Kier alpha value is -1.03. The third kappa shape index (κ3) is 1.75. The number of benzene rings is 1. The molecule has 1 heterocycles. The quantitative estimate of drug-likeness (QED) is 0.774. The number of hydrogen-bond donors (Lipinski definition) is 1. The summed E-state index contributed by atoms with van der Waals surface area (Å²) in [6.45, 7) is 2.41. The van der Waals surface area contributed by atoms with Gasteiger partial charge in [0.05, 0.1) is 18.7 Å². The molecule has 0 radical (unpaired) electrons. The van der Waals surface area contributed by atoms with Crippen molar-refractivity contribution in [2.75, 3.05) is 11.9 Å². The van der Waals surface area contributed by atoms with Gasteiger partial charge in [-0.15, -0.1) is 0 Å². The average Bonchev–Trinajstić information content (AvgIpc) is 2.25. The van der Waals surface area contributed by atoms with E-state index in [1.54, 1.807) is 0 Å². The van der Waals surface area contributed by atoms with Gasteiger partial charge in [-0.1, -0.05) is 15.9 Å². The van der Waals surface area contributed by atoms with Crippen molar-refractivity contribution in [3.05, 3.63) is 22.2 Å². The maximum absolute atomic E-state index is 11.3. The van der Waals surface area contributed by atoms with Crippen LogP contribution in [0.3, 0.4) is 0 Å². The van der Waals surface area contributed by atoms with E-state index >= 15 is 0 Å². The molecule has 0 aliphatic carbocycles. The number of fused-ring (bicyclic) bond motifs is 1. The van der Waals surface area contributed by atoms with Gasteiger partial charge in [0.15, 0.2) is 0 Å². The lowest BCUT2D eigenvalue weighted by molar-refractivity contribution is -0.116. The highest BCUT2D eigenvalue weighted by atomic mass is 79.9. The molecule has 0 bridgehead atoms. The molecule has 2 rings (SSSR count). The van der Waals surface area contributed by atoms with Crippen LogP contribution < -0.4 is 10.1 Å². The molecule has 0 aromatic heterocycles. The largest absolute Gasteiger partial charge is 0.491 e. The van der Waals surface area contributed by atoms with E-state index in [2.05, 4.69) is 21.2 Å². The lowest BCUT2D eigenvalue weighted by atomic mass is 10.2. The topological polar surface area (TPSA) is 38.3 Å². The number of anilines is 1. The Labute approximate surface area is 90.6 Å². The smallest absolute Gasteiger partial charge is 0.227 e. The van der Waals surface area contributed by atoms with E-state index in [0.29, 0.717) is 13.0 Å². The van der Waals surface area contributed by atoms with E-state index < -0.39 is 0 Å². The zero-order valence-electron chi connectivity index (χ0n) is 7.76. The van der Waals surface area contributed by atoms with E-state index in [1.807, 2.05) is 19.1 Å². The van der Waals surface area contributed by atoms with Gasteiger partial charge in [0.25, 0.3) is 0 Å². The minimum atomic E-state index is 0.00116. The summed E-state index contributed by atoms with van der Waals surface area (Å²) in [4.78, 5) is 11.3. The molecular formula is C10H10BrNO2. The molecule has 0 spiro atoms. The van der Waals surface area contributed by atoms with Crippen molar-refractivity contribution in [3.8, 4) is 5.75 Å². The summed E-state index contributed by atoms with van der Waals surface area (Å²) >= 11 is 3.38. The minimum absolute atomic E-state index is 0.00116. The second-order valence-electron chi connectivity index (χ2n) is 3.25. The molecule has 1 aliphatic rings. The lowest BCUT2D eigenvalue weighted by Gasteiger charge is -2.10. The van der Waals surface area contributed by atoms with Gasteiger partial charge in [-0.2, -0.15) is 0 Å². The maximum atomic E-state index is 11.3. The molecule has 74 valence electrons. The highest BCUT2D eigenvalue weighted by molar-refractivity contribution is 9.10. The van der Waals surface area contributed by atoms with Crippen molar-refractivity contribution in [1.82, 2.24) is 0 Å². The fourth-order valence-corrected chi connectivity index (χ4v) is 2.05. The molecular weight excluding hydrogens is 246 g/mol. The van der Waals surface area contributed by atoms with Crippen LogP contribution in [-0.4, -0.2) is 12.5 Å². The Morgan fingerprint density at radius 3 is 3.07 bits per heavy atom. The average molecular weight is 256 g/mol. The van der Waals surface area contributed by atoms with Gasteiger partial charge in [-0.3, -0.25) is 4.79 Å². The number of halogens is 1. The van der Waals surface area contributed by atoms with E-state index in [9.17, 15) is 4.79 Å².